The van der Waals surface area contributed by atoms with Crippen molar-refractivity contribution in [1.82, 2.24) is 14.4 Å². The molecule has 6 nitrogen and oxygen atoms in total. The van der Waals surface area contributed by atoms with E-state index in [1.807, 2.05) is 0 Å². The molecule has 2 aromatic rings. The van der Waals surface area contributed by atoms with Gasteiger partial charge in [0.15, 0.2) is 5.76 Å². The van der Waals surface area contributed by atoms with Crippen LogP contribution in [0.1, 0.15) is 48.3 Å². The van der Waals surface area contributed by atoms with Crippen molar-refractivity contribution < 1.29 is 12.9 Å². The van der Waals surface area contributed by atoms with Crippen molar-refractivity contribution >= 4 is 10.0 Å². The van der Waals surface area contributed by atoms with Crippen LogP contribution in [0.5, 0.6) is 0 Å². The molecule has 0 spiro atoms. The maximum absolute atomic E-state index is 12.4. The molecule has 0 aromatic carbocycles. The lowest BCUT2D eigenvalue weighted by molar-refractivity contribution is 0.390. The molecule has 0 unspecified atom stereocenters. The highest BCUT2D eigenvalue weighted by Gasteiger charge is 2.23. The van der Waals surface area contributed by atoms with Crippen LogP contribution >= 0.6 is 0 Å². The highest BCUT2D eigenvalue weighted by molar-refractivity contribution is 7.89. The van der Waals surface area contributed by atoms with Gasteiger partial charge in [0.1, 0.15) is 10.6 Å². The molecule has 0 amide bonds. The molecule has 0 aliphatic heterocycles. The minimum Gasteiger partial charge on any atom is -0.360 e. The number of aromatic nitrogens is 2. The van der Waals surface area contributed by atoms with Gasteiger partial charge in [-0.2, -0.15) is 0 Å². The molecule has 0 fully saturated rings. The van der Waals surface area contributed by atoms with Crippen molar-refractivity contribution in [3.8, 4) is 0 Å². The minimum atomic E-state index is -3.59. The molecule has 128 valence electrons. The molecule has 2 heterocycles. The van der Waals surface area contributed by atoms with E-state index < -0.39 is 10.0 Å². The number of hydrogen-bond acceptors (Lipinski definition) is 4. The van der Waals surface area contributed by atoms with Gasteiger partial charge in [-0.05, 0) is 59.6 Å². The first-order valence-corrected chi connectivity index (χ1v) is 9.23. The summed E-state index contributed by atoms with van der Waals surface area (Å²) in [6.45, 7) is 12.0. The summed E-state index contributed by atoms with van der Waals surface area (Å²) in [5.74, 6) is 0.313. The van der Waals surface area contributed by atoms with Crippen molar-refractivity contribution in [3.63, 3.8) is 0 Å². The highest BCUT2D eigenvalue weighted by atomic mass is 32.2. The average molecular weight is 339 g/mol. The largest absolute Gasteiger partial charge is 0.360 e. The molecular formula is C16H25N3O3S. The Kier molecular flexibility index (Phi) is 5.01. The summed E-state index contributed by atoms with van der Waals surface area (Å²) in [5.41, 5.74) is 3.93. The SMILES string of the molecule is Cc1noc(C)c1S(=O)(=O)NCCc1cc(C)n(C(C)C)c1C. The second-order valence-corrected chi connectivity index (χ2v) is 7.86. The van der Waals surface area contributed by atoms with E-state index >= 15 is 0 Å². The summed E-state index contributed by atoms with van der Waals surface area (Å²) >= 11 is 0. The first-order valence-electron chi connectivity index (χ1n) is 7.75. The van der Waals surface area contributed by atoms with Crippen molar-refractivity contribution in [2.75, 3.05) is 6.54 Å². The van der Waals surface area contributed by atoms with E-state index in [0.29, 0.717) is 30.5 Å². The zero-order valence-electron chi connectivity index (χ0n) is 14.6. The lowest BCUT2D eigenvalue weighted by atomic mass is 10.2. The summed E-state index contributed by atoms with van der Waals surface area (Å²) in [7, 11) is -3.59. The topological polar surface area (TPSA) is 77.1 Å². The van der Waals surface area contributed by atoms with Gasteiger partial charge in [0, 0.05) is 24.0 Å². The zero-order valence-corrected chi connectivity index (χ0v) is 15.4. The van der Waals surface area contributed by atoms with Crippen LogP contribution in [0, 0.1) is 27.7 Å². The van der Waals surface area contributed by atoms with Crippen LogP contribution in [0.3, 0.4) is 0 Å². The number of rotatable bonds is 6. The maximum Gasteiger partial charge on any atom is 0.245 e. The summed E-state index contributed by atoms with van der Waals surface area (Å²) < 4.78 is 34.6. The van der Waals surface area contributed by atoms with E-state index in [0.717, 1.165) is 5.56 Å². The maximum atomic E-state index is 12.4. The Bertz CT molecular complexity index is 781. The predicted molar refractivity (Wildman–Crippen MR) is 89.2 cm³/mol. The average Bonchev–Trinajstić information content (AvgIpc) is 2.90. The molecule has 2 aromatic heterocycles. The molecular weight excluding hydrogens is 314 g/mol. The Morgan fingerprint density at radius 1 is 1.26 bits per heavy atom. The Balaban J connectivity index is 2.10. The molecule has 0 radical (unpaired) electrons. The molecule has 0 aliphatic carbocycles. The van der Waals surface area contributed by atoms with Gasteiger partial charge in [0.25, 0.3) is 0 Å². The standard InChI is InChI=1S/C16H25N3O3S/c1-10(2)19-11(3)9-15(13(19)5)7-8-17-23(20,21)16-12(4)18-22-14(16)6/h9-10,17H,7-8H2,1-6H3. The molecule has 0 atom stereocenters. The van der Waals surface area contributed by atoms with Gasteiger partial charge < -0.3 is 9.09 Å². The van der Waals surface area contributed by atoms with Gasteiger partial charge in [0.05, 0.1) is 0 Å². The molecule has 2 rings (SSSR count). The van der Waals surface area contributed by atoms with E-state index in [2.05, 4.69) is 48.2 Å². The number of sulfonamides is 1. The van der Waals surface area contributed by atoms with Crippen LogP contribution in [-0.2, 0) is 16.4 Å². The molecule has 0 aliphatic rings. The Morgan fingerprint density at radius 2 is 1.91 bits per heavy atom. The van der Waals surface area contributed by atoms with E-state index in [1.54, 1.807) is 13.8 Å². The van der Waals surface area contributed by atoms with Crippen molar-refractivity contribution in [1.29, 1.82) is 0 Å². The minimum absolute atomic E-state index is 0.144. The van der Waals surface area contributed by atoms with Gasteiger partial charge in [0.2, 0.25) is 10.0 Å². The van der Waals surface area contributed by atoms with Crippen LogP contribution in [0.25, 0.3) is 0 Å². The van der Waals surface area contributed by atoms with E-state index in [4.69, 9.17) is 4.52 Å². The van der Waals surface area contributed by atoms with Crippen LogP contribution < -0.4 is 4.72 Å². The summed E-state index contributed by atoms with van der Waals surface area (Å²) in [5, 5.41) is 3.70. The van der Waals surface area contributed by atoms with Crippen molar-refractivity contribution in [2.24, 2.45) is 0 Å². The summed E-state index contributed by atoms with van der Waals surface area (Å²) in [4.78, 5) is 0.144. The molecule has 23 heavy (non-hydrogen) atoms. The quantitative estimate of drug-likeness (QED) is 0.878. The third kappa shape index (κ3) is 3.50. The molecule has 0 bridgehead atoms. The lowest BCUT2D eigenvalue weighted by Crippen LogP contribution is -2.27. The fourth-order valence-corrected chi connectivity index (χ4v) is 4.50. The van der Waals surface area contributed by atoms with Gasteiger partial charge in [-0.15, -0.1) is 0 Å². The number of hydrogen-bond donors (Lipinski definition) is 1. The smallest absolute Gasteiger partial charge is 0.245 e. The van der Waals surface area contributed by atoms with E-state index in [1.165, 1.54) is 11.4 Å². The Labute approximate surface area is 137 Å². The van der Waals surface area contributed by atoms with Gasteiger partial charge in [-0.3, -0.25) is 0 Å². The molecule has 1 N–H and O–H groups in total. The number of nitrogens with one attached hydrogen (secondary N) is 1. The molecule has 0 saturated heterocycles. The summed E-state index contributed by atoms with van der Waals surface area (Å²) in [6.07, 6.45) is 0.648. The Morgan fingerprint density at radius 3 is 2.39 bits per heavy atom. The van der Waals surface area contributed by atoms with Crippen LogP contribution in [-0.4, -0.2) is 24.7 Å². The van der Waals surface area contributed by atoms with Gasteiger partial charge in [-0.1, -0.05) is 5.16 Å². The first kappa shape index (κ1) is 17.7. The lowest BCUT2D eigenvalue weighted by Gasteiger charge is -2.14. The van der Waals surface area contributed by atoms with Crippen molar-refractivity contribution in [3.05, 3.63) is 34.5 Å². The fourth-order valence-electron chi connectivity index (χ4n) is 3.14. The van der Waals surface area contributed by atoms with Crippen molar-refractivity contribution in [2.45, 2.75) is 58.9 Å². The van der Waals surface area contributed by atoms with Gasteiger partial charge in [-0.25, -0.2) is 13.1 Å². The second-order valence-electron chi connectivity index (χ2n) is 6.16. The first-order chi connectivity index (χ1) is 10.6. The monoisotopic (exact) mass is 339 g/mol. The predicted octanol–water partition coefficient (Wildman–Crippen LogP) is 2.81. The summed E-state index contributed by atoms with van der Waals surface area (Å²) in [6, 6.07) is 2.52. The van der Waals surface area contributed by atoms with Crippen LogP contribution in [0.2, 0.25) is 0 Å². The van der Waals surface area contributed by atoms with Crippen LogP contribution in [0.4, 0.5) is 0 Å². The molecule has 7 heteroatoms. The van der Waals surface area contributed by atoms with Gasteiger partial charge >= 0.3 is 0 Å². The second kappa shape index (κ2) is 6.49. The van der Waals surface area contributed by atoms with E-state index in [-0.39, 0.29) is 4.90 Å². The van der Waals surface area contributed by atoms with Crippen LogP contribution in [0.15, 0.2) is 15.5 Å². The van der Waals surface area contributed by atoms with E-state index in [9.17, 15) is 8.42 Å². The number of nitrogens with zero attached hydrogens (tertiary/aromatic N) is 2. The zero-order chi connectivity index (χ0) is 17.4. The normalized spacial score (nSPS) is 12.3. The third-order valence-electron chi connectivity index (χ3n) is 4.03. The highest BCUT2D eigenvalue weighted by Crippen LogP contribution is 2.21. The number of aryl methyl sites for hydroxylation is 3. The third-order valence-corrected chi connectivity index (χ3v) is 5.73. The fraction of sp³-hybridized carbons (Fsp3) is 0.562. The molecule has 0 saturated carbocycles. The Hall–Kier alpha value is -1.60.